The molecule has 0 atom stereocenters. The number of hydrogen-bond acceptors (Lipinski definition) is 4. The third kappa shape index (κ3) is 6.15. The Balaban J connectivity index is 1.57. The van der Waals surface area contributed by atoms with Crippen LogP contribution in [0.1, 0.15) is 18.4 Å². The molecule has 0 fully saturated rings. The predicted molar refractivity (Wildman–Crippen MR) is 109 cm³/mol. The minimum Gasteiger partial charge on any atom is -0.439 e. The molecule has 0 radical (unpaired) electrons. The van der Waals surface area contributed by atoms with Gasteiger partial charge in [-0.15, -0.1) is 0 Å². The molecule has 2 N–H and O–H groups in total. The van der Waals surface area contributed by atoms with E-state index >= 15 is 0 Å². The van der Waals surface area contributed by atoms with E-state index in [1.54, 1.807) is 0 Å². The van der Waals surface area contributed by atoms with Gasteiger partial charge < -0.3 is 15.2 Å². The molecule has 3 rings (SSSR count). The zero-order valence-corrected chi connectivity index (χ0v) is 15.8. The van der Waals surface area contributed by atoms with E-state index in [0.717, 1.165) is 49.7 Å². The zero-order chi connectivity index (χ0) is 19.6. The molecule has 3 aromatic rings. The number of aliphatic hydroxyl groups is 1. The Labute approximate surface area is 165 Å². The number of aliphatic hydroxyl groups excluding tert-OH is 1. The molecule has 0 bridgehead atoms. The van der Waals surface area contributed by atoms with Crippen LogP contribution in [-0.4, -0.2) is 29.8 Å². The van der Waals surface area contributed by atoms with Gasteiger partial charge in [0, 0.05) is 12.7 Å². The highest BCUT2D eigenvalue weighted by atomic mass is 19.1. The van der Waals surface area contributed by atoms with Crippen LogP contribution < -0.4 is 10.1 Å². The van der Waals surface area contributed by atoms with Crippen LogP contribution in [0, 0.1) is 5.82 Å². The van der Waals surface area contributed by atoms with E-state index in [-0.39, 0.29) is 12.4 Å². The van der Waals surface area contributed by atoms with Crippen LogP contribution in [0.4, 0.5) is 4.39 Å². The van der Waals surface area contributed by atoms with E-state index in [1.165, 1.54) is 17.7 Å². The number of pyridine rings is 1. The van der Waals surface area contributed by atoms with E-state index in [0.29, 0.717) is 11.6 Å². The highest BCUT2D eigenvalue weighted by Gasteiger charge is 2.03. The van der Waals surface area contributed by atoms with Gasteiger partial charge in [-0.1, -0.05) is 36.4 Å². The predicted octanol–water partition coefficient (Wildman–Crippen LogP) is 4.58. The van der Waals surface area contributed by atoms with Crippen molar-refractivity contribution in [2.24, 2.45) is 0 Å². The summed E-state index contributed by atoms with van der Waals surface area (Å²) in [6, 6.07) is 19.1. The minimum absolute atomic E-state index is 0.237. The lowest BCUT2D eigenvalue weighted by Crippen LogP contribution is -2.18. The van der Waals surface area contributed by atoms with E-state index in [4.69, 9.17) is 9.84 Å². The number of nitrogens with one attached hydrogen (secondary N) is 1. The molecule has 28 heavy (non-hydrogen) atoms. The summed E-state index contributed by atoms with van der Waals surface area (Å²) >= 11 is 0. The first kappa shape index (κ1) is 20.0. The number of aromatic nitrogens is 1. The van der Waals surface area contributed by atoms with E-state index in [1.807, 2.05) is 24.3 Å². The van der Waals surface area contributed by atoms with Crippen LogP contribution in [0.25, 0.3) is 11.1 Å². The van der Waals surface area contributed by atoms with Gasteiger partial charge in [0.25, 0.3) is 0 Å². The Hall–Kier alpha value is -2.76. The third-order valence-corrected chi connectivity index (χ3v) is 4.37. The number of benzene rings is 2. The standard InChI is InChI=1S/C23H25FN2O2/c24-21-11-12-23(26-17-21)28-22-6-1-5-20(16-22)19-9-7-18(8-10-19)4-2-13-25-14-3-15-27/h1,5-12,16-17,25,27H,2-4,13-15H2. The van der Waals surface area contributed by atoms with Crippen LogP contribution in [0.3, 0.4) is 0 Å². The number of rotatable bonds is 10. The summed E-state index contributed by atoms with van der Waals surface area (Å²) in [5.41, 5.74) is 3.47. The van der Waals surface area contributed by atoms with Crippen LogP contribution in [0.15, 0.2) is 66.9 Å². The van der Waals surface area contributed by atoms with Crippen LogP contribution in [0.5, 0.6) is 11.6 Å². The second-order valence-electron chi connectivity index (χ2n) is 6.57. The second-order valence-corrected chi connectivity index (χ2v) is 6.57. The molecule has 146 valence electrons. The fraction of sp³-hybridized carbons (Fsp3) is 0.261. The van der Waals surface area contributed by atoms with Crippen molar-refractivity contribution >= 4 is 0 Å². The van der Waals surface area contributed by atoms with Gasteiger partial charge in [-0.05, 0) is 67.2 Å². The highest BCUT2D eigenvalue weighted by Crippen LogP contribution is 2.27. The molecule has 0 aliphatic heterocycles. The molecule has 2 aromatic carbocycles. The van der Waals surface area contributed by atoms with Crippen molar-refractivity contribution in [3.8, 4) is 22.8 Å². The summed E-state index contributed by atoms with van der Waals surface area (Å²) < 4.78 is 18.7. The van der Waals surface area contributed by atoms with E-state index in [2.05, 4.69) is 34.6 Å². The fourth-order valence-corrected chi connectivity index (χ4v) is 2.89. The number of halogens is 1. The smallest absolute Gasteiger partial charge is 0.219 e. The summed E-state index contributed by atoms with van der Waals surface area (Å²) in [6.07, 6.45) is 4.03. The summed E-state index contributed by atoms with van der Waals surface area (Å²) in [6.45, 7) is 2.06. The van der Waals surface area contributed by atoms with Gasteiger partial charge in [0.15, 0.2) is 0 Å². The molecule has 0 unspecified atom stereocenters. The maximum atomic E-state index is 13.0. The van der Waals surface area contributed by atoms with Crippen molar-refractivity contribution < 1.29 is 14.2 Å². The van der Waals surface area contributed by atoms with Crippen molar-refractivity contribution in [1.29, 1.82) is 0 Å². The minimum atomic E-state index is -0.387. The van der Waals surface area contributed by atoms with Gasteiger partial charge in [0.2, 0.25) is 5.88 Å². The first-order valence-corrected chi connectivity index (χ1v) is 9.55. The molecule has 0 spiro atoms. The number of nitrogens with zero attached hydrogens (tertiary/aromatic N) is 1. The average Bonchev–Trinajstić information content (AvgIpc) is 2.73. The van der Waals surface area contributed by atoms with Crippen molar-refractivity contribution in [3.63, 3.8) is 0 Å². The van der Waals surface area contributed by atoms with Gasteiger partial charge in [0.1, 0.15) is 11.6 Å². The molecule has 0 saturated carbocycles. The Morgan fingerprint density at radius 2 is 1.75 bits per heavy atom. The van der Waals surface area contributed by atoms with E-state index < -0.39 is 0 Å². The maximum Gasteiger partial charge on any atom is 0.219 e. The first-order chi connectivity index (χ1) is 13.7. The molecule has 4 nitrogen and oxygen atoms in total. The molecular weight excluding hydrogens is 355 g/mol. The SMILES string of the molecule is OCCCNCCCc1ccc(-c2cccc(Oc3ccc(F)cn3)c2)cc1. The first-order valence-electron chi connectivity index (χ1n) is 9.55. The summed E-state index contributed by atoms with van der Waals surface area (Å²) in [4.78, 5) is 3.92. The molecule has 5 heteroatoms. The molecule has 1 heterocycles. The zero-order valence-electron chi connectivity index (χ0n) is 15.8. The Kier molecular flexibility index (Phi) is 7.53. The largest absolute Gasteiger partial charge is 0.439 e. The number of hydrogen-bond donors (Lipinski definition) is 2. The Morgan fingerprint density at radius 1 is 0.929 bits per heavy atom. The van der Waals surface area contributed by atoms with Crippen LogP contribution in [0.2, 0.25) is 0 Å². The van der Waals surface area contributed by atoms with Crippen molar-refractivity contribution in [3.05, 3.63) is 78.2 Å². The summed E-state index contributed by atoms with van der Waals surface area (Å²) in [5.74, 6) is 0.637. The fourth-order valence-electron chi connectivity index (χ4n) is 2.89. The molecule has 0 amide bonds. The van der Waals surface area contributed by atoms with E-state index in [9.17, 15) is 4.39 Å². The lowest BCUT2D eigenvalue weighted by Gasteiger charge is -2.08. The topological polar surface area (TPSA) is 54.4 Å². The van der Waals surface area contributed by atoms with Crippen molar-refractivity contribution in [2.45, 2.75) is 19.3 Å². The molecule has 0 saturated heterocycles. The van der Waals surface area contributed by atoms with Gasteiger partial charge in [-0.25, -0.2) is 9.37 Å². The second kappa shape index (κ2) is 10.5. The number of ether oxygens (including phenoxy) is 1. The van der Waals surface area contributed by atoms with Gasteiger partial charge in [-0.2, -0.15) is 0 Å². The summed E-state index contributed by atoms with van der Waals surface area (Å²) in [5, 5.41) is 12.1. The lowest BCUT2D eigenvalue weighted by atomic mass is 10.0. The quantitative estimate of drug-likeness (QED) is 0.505. The monoisotopic (exact) mass is 380 g/mol. The maximum absolute atomic E-state index is 13.0. The average molecular weight is 380 g/mol. The molecule has 0 aliphatic carbocycles. The van der Waals surface area contributed by atoms with Crippen LogP contribution in [-0.2, 0) is 6.42 Å². The van der Waals surface area contributed by atoms with Crippen molar-refractivity contribution in [2.75, 3.05) is 19.7 Å². The molecular formula is C23H25FN2O2. The number of aryl methyl sites for hydroxylation is 1. The molecule has 1 aromatic heterocycles. The van der Waals surface area contributed by atoms with Crippen molar-refractivity contribution in [1.82, 2.24) is 10.3 Å². The van der Waals surface area contributed by atoms with Gasteiger partial charge >= 0.3 is 0 Å². The Bertz CT molecular complexity index is 851. The highest BCUT2D eigenvalue weighted by molar-refractivity contribution is 5.65. The van der Waals surface area contributed by atoms with Crippen LogP contribution >= 0.6 is 0 Å². The van der Waals surface area contributed by atoms with Gasteiger partial charge in [0.05, 0.1) is 6.20 Å². The normalized spacial score (nSPS) is 10.8. The Morgan fingerprint density at radius 3 is 2.50 bits per heavy atom. The third-order valence-electron chi connectivity index (χ3n) is 4.37. The summed E-state index contributed by atoms with van der Waals surface area (Å²) in [7, 11) is 0. The van der Waals surface area contributed by atoms with Gasteiger partial charge in [-0.3, -0.25) is 0 Å². The lowest BCUT2D eigenvalue weighted by molar-refractivity contribution is 0.286. The molecule has 0 aliphatic rings.